The quantitative estimate of drug-likeness (QED) is 0.694. The second-order valence-corrected chi connectivity index (χ2v) is 4.60. The number of amides is 1. The van der Waals surface area contributed by atoms with Gasteiger partial charge < -0.3 is 20.1 Å². The minimum absolute atomic E-state index is 0.00319. The van der Waals surface area contributed by atoms with Crippen molar-refractivity contribution in [1.82, 2.24) is 10.6 Å². The van der Waals surface area contributed by atoms with E-state index in [1.54, 1.807) is 0 Å². The standard InChI is InChI=1S/C16H26N2O3/c1-4-10-18-15(19)12-21-16-13(11-17-5-2)8-7-9-14(16)20-6-3/h7-9,17H,4-6,10-12H2,1-3H3,(H,18,19). The summed E-state index contributed by atoms with van der Waals surface area (Å²) in [6.07, 6.45) is 0.910. The lowest BCUT2D eigenvalue weighted by molar-refractivity contribution is -0.123. The molecule has 2 N–H and O–H groups in total. The topological polar surface area (TPSA) is 59.6 Å². The number of hydrogen-bond donors (Lipinski definition) is 2. The van der Waals surface area contributed by atoms with Crippen molar-refractivity contribution in [3.05, 3.63) is 23.8 Å². The van der Waals surface area contributed by atoms with Crippen LogP contribution in [0.25, 0.3) is 0 Å². The Morgan fingerprint density at radius 1 is 1.19 bits per heavy atom. The summed E-state index contributed by atoms with van der Waals surface area (Å²) in [5.41, 5.74) is 0.992. The molecular weight excluding hydrogens is 268 g/mol. The first-order valence-corrected chi connectivity index (χ1v) is 7.57. The van der Waals surface area contributed by atoms with Gasteiger partial charge in [0.05, 0.1) is 6.61 Å². The molecule has 0 atom stereocenters. The fourth-order valence-corrected chi connectivity index (χ4v) is 1.85. The summed E-state index contributed by atoms with van der Waals surface area (Å²) >= 11 is 0. The van der Waals surface area contributed by atoms with Gasteiger partial charge in [-0.2, -0.15) is 0 Å². The summed E-state index contributed by atoms with van der Waals surface area (Å²) in [6, 6.07) is 5.77. The first-order chi connectivity index (χ1) is 10.2. The number of carbonyl (C=O) groups excluding carboxylic acids is 1. The molecule has 1 rings (SSSR count). The highest BCUT2D eigenvalue weighted by Gasteiger charge is 2.12. The normalized spacial score (nSPS) is 10.2. The maximum atomic E-state index is 11.7. The SMILES string of the molecule is CCCNC(=O)COc1c(CNCC)cccc1OCC. The van der Waals surface area contributed by atoms with Gasteiger partial charge >= 0.3 is 0 Å². The Morgan fingerprint density at radius 3 is 2.67 bits per heavy atom. The molecule has 0 saturated carbocycles. The van der Waals surface area contributed by atoms with Crippen LogP contribution in [0.4, 0.5) is 0 Å². The Bertz CT molecular complexity index is 436. The molecule has 0 radical (unpaired) electrons. The second-order valence-electron chi connectivity index (χ2n) is 4.60. The van der Waals surface area contributed by atoms with Gasteiger partial charge in [0, 0.05) is 18.7 Å². The fraction of sp³-hybridized carbons (Fsp3) is 0.562. The average molecular weight is 294 g/mol. The number of benzene rings is 1. The van der Waals surface area contributed by atoms with Crippen LogP contribution in [0.5, 0.6) is 11.5 Å². The summed E-state index contributed by atoms with van der Waals surface area (Å²) < 4.78 is 11.3. The third-order valence-corrected chi connectivity index (χ3v) is 2.85. The van der Waals surface area contributed by atoms with Gasteiger partial charge in [-0.05, 0) is 26.0 Å². The van der Waals surface area contributed by atoms with Gasteiger partial charge in [0.25, 0.3) is 5.91 Å². The van der Waals surface area contributed by atoms with Crippen molar-refractivity contribution in [3.8, 4) is 11.5 Å². The Kier molecular flexibility index (Phi) is 8.28. The summed E-state index contributed by atoms with van der Waals surface area (Å²) in [5, 5.41) is 6.06. The molecule has 0 aliphatic carbocycles. The molecule has 0 bridgehead atoms. The molecule has 5 heteroatoms. The largest absolute Gasteiger partial charge is 0.490 e. The van der Waals surface area contributed by atoms with Gasteiger partial charge in [0.15, 0.2) is 18.1 Å². The van der Waals surface area contributed by atoms with Crippen molar-refractivity contribution in [2.24, 2.45) is 0 Å². The van der Waals surface area contributed by atoms with Gasteiger partial charge in [-0.3, -0.25) is 4.79 Å². The van der Waals surface area contributed by atoms with Crippen LogP contribution in [0, 0.1) is 0 Å². The van der Waals surface area contributed by atoms with Crippen LogP contribution in [0.3, 0.4) is 0 Å². The van der Waals surface area contributed by atoms with Gasteiger partial charge in [-0.1, -0.05) is 26.0 Å². The molecule has 0 saturated heterocycles. The number of nitrogens with one attached hydrogen (secondary N) is 2. The van der Waals surface area contributed by atoms with Crippen LogP contribution in [-0.2, 0) is 11.3 Å². The van der Waals surface area contributed by atoms with E-state index >= 15 is 0 Å². The molecule has 5 nitrogen and oxygen atoms in total. The number of ether oxygens (including phenoxy) is 2. The smallest absolute Gasteiger partial charge is 0.257 e. The highest BCUT2D eigenvalue weighted by atomic mass is 16.5. The van der Waals surface area contributed by atoms with E-state index in [1.165, 1.54) is 0 Å². The van der Waals surface area contributed by atoms with Crippen LogP contribution < -0.4 is 20.1 Å². The van der Waals surface area contributed by atoms with E-state index in [-0.39, 0.29) is 12.5 Å². The third kappa shape index (κ3) is 6.04. The van der Waals surface area contributed by atoms with Gasteiger partial charge in [0.2, 0.25) is 0 Å². The lowest BCUT2D eigenvalue weighted by Crippen LogP contribution is -2.29. The maximum Gasteiger partial charge on any atom is 0.257 e. The molecule has 21 heavy (non-hydrogen) atoms. The summed E-state index contributed by atoms with van der Waals surface area (Å²) in [4.78, 5) is 11.7. The van der Waals surface area contributed by atoms with Crippen LogP contribution in [0.1, 0.15) is 32.8 Å². The summed E-state index contributed by atoms with van der Waals surface area (Å²) in [7, 11) is 0. The highest BCUT2D eigenvalue weighted by Crippen LogP contribution is 2.31. The molecule has 0 fully saturated rings. The van der Waals surface area contributed by atoms with Crippen LogP contribution in [0.2, 0.25) is 0 Å². The average Bonchev–Trinajstić information content (AvgIpc) is 2.50. The lowest BCUT2D eigenvalue weighted by atomic mass is 10.2. The lowest BCUT2D eigenvalue weighted by Gasteiger charge is -2.16. The van der Waals surface area contributed by atoms with Gasteiger partial charge in [-0.25, -0.2) is 0 Å². The molecule has 1 amide bonds. The van der Waals surface area contributed by atoms with Crippen LogP contribution in [0.15, 0.2) is 18.2 Å². The van der Waals surface area contributed by atoms with Gasteiger partial charge in [-0.15, -0.1) is 0 Å². The summed E-state index contributed by atoms with van der Waals surface area (Å²) in [5.74, 6) is 1.21. The number of para-hydroxylation sites is 1. The van der Waals surface area contributed by atoms with E-state index in [0.29, 0.717) is 31.2 Å². The fourth-order valence-electron chi connectivity index (χ4n) is 1.85. The molecule has 118 valence electrons. The molecule has 0 unspecified atom stereocenters. The van der Waals surface area contributed by atoms with Crippen molar-refractivity contribution in [2.45, 2.75) is 33.7 Å². The number of carbonyl (C=O) groups is 1. The van der Waals surface area contributed by atoms with E-state index in [0.717, 1.165) is 18.5 Å². The van der Waals surface area contributed by atoms with Crippen molar-refractivity contribution in [2.75, 3.05) is 26.3 Å². The molecule has 0 heterocycles. The van der Waals surface area contributed by atoms with E-state index in [4.69, 9.17) is 9.47 Å². The molecule has 0 spiro atoms. The molecule has 0 aromatic heterocycles. The van der Waals surface area contributed by atoms with E-state index < -0.39 is 0 Å². The zero-order chi connectivity index (χ0) is 15.5. The van der Waals surface area contributed by atoms with Crippen LogP contribution >= 0.6 is 0 Å². The second kappa shape index (κ2) is 10.0. The van der Waals surface area contributed by atoms with E-state index in [1.807, 2.05) is 39.0 Å². The molecular formula is C16H26N2O3. The first kappa shape index (κ1) is 17.3. The molecule has 1 aromatic rings. The minimum atomic E-state index is -0.113. The number of rotatable bonds is 10. The maximum absolute atomic E-state index is 11.7. The predicted octanol–water partition coefficient (Wildman–Crippen LogP) is 2.10. The van der Waals surface area contributed by atoms with Crippen molar-refractivity contribution in [1.29, 1.82) is 0 Å². The Balaban J connectivity index is 2.77. The highest BCUT2D eigenvalue weighted by molar-refractivity contribution is 5.77. The first-order valence-electron chi connectivity index (χ1n) is 7.57. The summed E-state index contributed by atoms with van der Waals surface area (Å²) in [6.45, 7) is 8.77. The zero-order valence-corrected chi connectivity index (χ0v) is 13.2. The monoisotopic (exact) mass is 294 g/mol. The van der Waals surface area contributed by atoms with Crippen LogP contribution in [-0.4, -0.2) is 32.2 Å². The van der Waals surface area contributed by atoms with E-state index in [2.05, 4.69) is 10.6 Å². The van der Waals surface area contributed by atoms with Crippen molar-refractivity contribution < 1.29 is 14.3 Å². The molecule has 0 aliphatic rings. The minimum Gasteiger partial charge on any atom is -0.490 e. The van der Waals surface area contributed by atoms with E-state index in [9.17, 15) is 4.79 Å². The molecule has 0 aliphatic heterocycles. The third-order valence-electron chi connectivity index (χ3n) is 2.85. The Labute approximate surface area is 127 Å². The van der Waals surface area contributed by atoms with Crippen molar-refractivity contribution in [3.63, 3.8) is 0 Å². The Hall–Kier alpha value is -1.75. The molecule has 1 aromatic carbocycles. The Morgan fingerprint density at radius 2 is 2.00 bits per heavy atom. The number of hydrogen-bond acceptors (Lipinski definition) is 4. The zero-order valence-electron chi connectivity index (χ0n) is 13.2. The van der Waals surface area contributed by atoms with Gasteiger partial charge in [0.1, 0.15) is 0 Å². The van der Waals surface area contributed by atoms with Crippen molar-refractivity contribution >= 4 is 5.91 Å². The predicted molar refractivity (Wildman–Crippen MR) is 83.8 cm³/mol.